The molecule has 0 spiro atoms. The van der Waals surface area contributed by atoms with Gasteiger partial charge in [-0.15, -0.1) is 11.8 Å². The third-order valence-electron chi connectivity index (χ3n) is 6.52. The lowest BCUT2D eigenvalue weighted by Gasteiger charge is -2.17. The average molecular weight is 678 g/mol. The lowest BCUT2D eigenvalue weighted by molar-refractivity contribution is -0.115. The van der Waals surface area contributed by atoms with Gasteiger partial charge in [0, 0.05) is 23.2 Å². The fourth-order valence-electron chi connectivity index (χ4n) is 4.25. The van der Waals surface area contributed by atoms with Gasteiger partial charge in [-0.3, -0.25) is 19.6 Å². The molecule has 0 aliphatic rings. The van der Waals surface area contributed by atoms with Crippen molar-refractivity contribution in [3.05, 3.63) is 114 Å². The van der Waals surface area contributed by atoms with Crippen LogP contribution in [0.4, 0.5) is 15.9 Å². The van der Waals surface area contributed by atoms with E-state index in [0.29, 0.717) is 26.9 Å². The van der Waals surface area contributed by atoms with Crippen molar-refractivity contribution in [1.82, 2.24) is 15.2 Å². The van der Waals surface area contributed by atoms with E-state index in [9.17, 15) is 22.4 Å². The number of amides is 1. The zero-order valence-electron chi connectivity index (χ0n) is 24.6. The van der Waals surface area contributed by atoms with E-state index >= 15 is 0 Å². The number of anilines is 2. The topological polar surface area (TPSA) is 143 Å². The van der Waals surface area contributed by atoms with Gasteiger partial charge in [0.25, 0.3) is 10.0 Å². The van der Waals surface area contributed by atoms with Gasteiger partial charge in [-0.2, -0.15) is 5.10 Å². The van der Waals surface area contributed by atoms with Gasteiger partial charge >= 0.3 is 5.97 Å². The smallest absolute Gasteiger partial charge is 0.337 e. The quantitative estimate of drug-likeness (QED) is 0.0714. The molecule has 1 atom stereocenters. The number of ether oxygens (including phenoxy) is 1. The number of esters is 1. The van der Waals surface area contributed by atoms with Gasteiger partial charge in [0.2, 0.25) is 5.91 Å². The van der Waals surface area contributed by atoms with E-state index in [-0.39, 0.29) is 34.4 Å². The van der Waals surface area contributed by atoms with E-state index in [1.165, 1.54) is 67.2 Å². The molecule has 0 bridgehead atoms. The first-order chi connectivity index (χ1) is 22.2. The van der Waals surface area contributed by atoms with Crippen LogP contribution in [0.1, 0.15) is 33.8 Å². The Morgan fingerprint density at radius 2 is 1.74 bits per heavy atom. The maximum absolute atomic E-state index is 14.8. The van der Waals surface area contributed by atoms with Crippen molar-refractivity contribution in [1.29, 1.82) is 0 Å². The summed E-state index contributed by atoms with van der Waals surface area (Å²) in [5, 5.41) is 10.4. The van der Waals surface area contributed by atoms with Gasteiger partial charge in [-0.25, -0.2) is 17.6 Å². The predicted molar refractivity (Wildman–Crippen MR) is 177 cm³/mol. The second-order valence-electron chi connectivity index (χ2n) is 9.64. The van der Waals surface area contributed by atoms with Gasteiger partial charge in [-0.1, -0.05) is 67.2 Å². The van der Waals surface area contributed by atoms with Gasteiger partial charge in [0.1, 0.15) is 16.7 Å². The molecule has 1 amide bonds. The van der Waals surface area contributed by atoms with Crippen LogP contribution in [-0.4, -0.2) is 42.6 Å². The minimum absolute atomic E-state index is 0.000132. The number of thioether (sulfide) groups is 2. The molecule has 5 rings (SSSR count). The molecule has 0 saturated heterocycles. The molecule has 0 saturated carbocycles. The number of aromatic nitrogens is 3. The van der Waals surface area contributed by atoms with Crippen LogP contribution in [0, 0.1) is 5.82 Å². The molecule has 2 heterocycles. The molecule has 5 aromatic rings. The number of hydrogen-bond acceptors (Lipinski definition) is 9. The molecule has 3 aromatic carbocycles. The van der Waals surface area contributed by atoms with Crippen molar-refractivity contribution in [2.24, 2.45) is 0 Å². The van der Waals surface area contributed by atoms with E-state index in [1.807, 2.05) is 30.3 Å². The van der Waals surface area contributed by atoms with Crippen LogP contribution >= 0.6 is 23.5 Å². The Morgan fingerprint density at radius 1 is 0.978 bits per heavy atom. The summed E-state index contributed by atoms with van der Waals surface area (Å²) in [5.74, 6) is -1.27. The Morgan fingerprint density at radius 3 is 2.48 bits per heavy atom. The molecule has 0 fully saturated rings. The first kappa shape index (κ1) is 32.7. The molecule has 46 heavy (non-hydrogen) atoms. The molecule has 0 radical (unpaired) electrons. The minimum atomic E-state index is -4.25. The molecule has 236 valence electrons. The molecule has 0 aliphatic heterocycles. The number of carbonyl (C=O) groups excluding carboxylic acids is 2. The summed E-state index contributed by atoms with van der Waals surface area (Å²) in [6.45, 7) is 1.72. The number of pyridine rings is 1. The molecule has 10 nitrogen and oxygen atoms in total. The highest BCUT2D eigenvalue weighted by Crippen LogP contribution is 2.50. The number of methoxy groups -OCH3 is 1. The van der Waals surface area contributed by atoms with E-state index in [2.05, 4.69) is 25.2 Å². The number of benzene rings is 3. The third-order valence-corrected chi connectivity index (χ3v) is 10.5. The highest BCUT2D eigenvalue weighted by atomic mass is 32.2. The van der Waals surface area contributed by atoms with Crippen LogP contribution in [0.5, 0.6) is 0 Å². The molecular formula is C32H28FN5O5S3. The van der Waals surface area contributed by atoms with Crippen molar-refractivity contribution in [3.8, 4) is 11.3 Å². The Balaban J connectivity index is 1.59. The summed E-state index contributed by atoms with van der Waals surface area (Å²) >= 11 is 2.56. The SMILES string of the molecule is CCC(=O)Nc1ccnc(-c2c(SC(Sc3ccccc3F)c3ccccc3)n[nH]c2NS(=O)(=O)c2cccc(C(=O)OC)c2)c1. The lowest BCUT2D eigenvalue weighted by Crippen LogP contribution is -2.15. The highest BCUT2D eigenvalue weighted by molar-refractivity contribution is 8.16. The predicted octanol–water partition coefficient (Wildman–Crippen LogP) is 7.13. The van der Waals surface area contributed by atoms with Crippen molar-refractivity contribution < 1.29 is 27.1 Å². The fraction of sp³-hybridized carbons (Fsp3) is 0.125. The average Bonchev–Trinajstić information content (AvgIpc) is 3.46. The van der Waals surface area contributed by atoms with Crippen molar-refractivity contribution in [3.63, 3.8) is 0 Å². The summed E-state index contributed by atoms with van der Waals surface area (Å²) < 4.78 is 48.8. The normalized spacial score (nSPS) is 11.9. The summed E-state index contributed by atoms with van der Waals surface area (Å²) in [7, 11) is -3.05. The van der Waals surface area contributed by atoms with Gasteiger partial charge in [0.05, 0.1) is 33.4 Å². The van der Waals surface area contributed by atoms with E-state index in [4.69, 9.17) is 4.74 Å². The maximum atomic E-state index is 14.8. The first-order valence-corrected chi connectivity index (χ1v) is 17.1. The minimum Gasteiger partial charge on any atom is -0.465 e. The Bertz CT molecular complexity index is 1970. The van der Waals surface area contributed by atoms with E-state index in [0.717, 1.165) is 5.56 Å². The standard InChI is InChI=1S/C32H28FN5O5S3/c1-3-27(39)35-22-16-17-34-25(19-22)28-29(38-46(41,42)23-13-9-12-21(18-23)31(40)43-2)36-37-30(28)45-32(20-10-5-4-6-11-20)44-26-15-8-7-14-24(26)33/h4-19,32H,3H2,1-2H3,(H,34,35,39)(H2,36,37,38). The second kappa shape index (κ2) is 14.6. The Labute approximate surface area is 273 Å². The molecule has 14 heteroatoms. The second-order valence-corrected chi connectivity index (χ2v) is 13.9. The van der Waals surface area contributed by atoms with E-state index in [1.54, 1.807) is 37.3 Å². The molecule has 2 aromatic heterocycles. The number of aromatic amines is 1. The summed E-state index contributed by atoms with van der Waals surface area (Å²) in [5.41, 5.74) is 2.00. The highest BCUT2D eigenvalue weighted by Gasteiger charge is 2.27. The number of nitrogens with one attached hydrogen (secondary N) is 3. The maximum Gasteiger partial charge on any atom is 0.337 e. The zero-order chi connectivity index (χ0) is 32.7. The number of H-pyrrole nitrogens is 1. The number of nitrogens with zero attached hydrogens (tertiary/aromatic N) is 2. The molecular weight excluding hydrogens is 650 g/mol. The third kappa shape index (κ3) is 7.76. The summed E-state index contributed by atoms with van der Waals surface area (Å²) in [4.78, 5) is 28.9. The van der Waals surface area contributed by atoms with Crippen molar-refractivity contribution >= 4 is 56.9 Å². The number of hydrogen-bond donors (Lipinski definition) is 3. The zero-order valence-corrected chi connectivity index (χ0v) is 27.0. The molecule has 1 unspecified atom stereocenters. The number of rotatable bonds is 12. The largest absolute Gasteiger partial charge is 0.465 e. The van der Waals surface area contributed by atoms with Crippen molar-refractivity contribution in [2.45, 2.75) is 32.7 Å². The fourth-order valence-corrected chi connectivity index (χ4v) is 7.88. The van der Waals surface area contributed by atoms with Crippen LogP contribution < -0.4 is 10.0 Å². The number of sulfonamides is 1. The van der Waals surface area contributed by atoms with Gasteiger partial charge in [-0.05, 0) is 48.0 Å². The van der Waals surface area contributed by atoms with Crippen molar-refractivity contribution in [2.75, 3.05) is 17.1 Å². The Kier molecular flexibility index (Phi) is 10.4. The number of halogens is 1. The van der Waals surface area contributed by atoms with Crippen LogP contribution in [0.15, 0.2) is 112 Å². The van der Waals surface area contributed by atoms with Gasteiger partial charge in [0.15, 0.2) is 0 Å². The summed E-state index contributed by atoms with van der Waals surface area (Å²) in [6, 6.07) is 24.5. The lowest BCUT2D eigenvalue weighted by atomic mass is 10.2. The van der Waals surface area contributed by atoms with Crippen LogP contribution in [0.25, 0.3) is 11.3 Å². The van der Waals surface area contributed by atoms with Gasteiger partial charge < -0.3 is 10.1 Å². The van der Waals surface area contributed by atoms with Crippen LogP contribution in [0.2, 0.25) is 0 Å². The number of carbonyl (C=O) groups is 2. The van der Waals surface area contributed by atoms with Crippen LogP contribution in [-0.2, 0) is 19.6 Å². The Hall–Kier alpha value is -4.66. The first-order valence-electron chi connectivity index (χ1n) is 13.9. The monoisotopic (exact) mass is 677 g/mol. The summed E-state index contributed by atoms with van der Waals surface area (Å²) in [6.07, 6.45) is 1.75. The molecule has 0 aliphatic carbocycles. The van der Waals surface area contributed by atoms with E-state index < -0.39 is 20.6 Å². The van der Waals surface area contributed by atoms with Crippen LogP contribution in [0.3, 0.4) is 0 Å². The molecule has 3 N–H and O–H groups in total.